The molecule has 1 aliphatic heterocycles. The maximum atomic E-state index is 7.84. The van der Waals surface area contributed by atoms with E-state index in [0.29, 0.717) is 0 Å². The Hall–Kier alpha value is -0.680. The molecule has 0 spiro atoms. The van der Waals surface area contributed by atoms with Gasteiger partial charge in [-0.2, -0.15) is 0 Å². The molecular weight excluding hydrogens is 234 g/mol. The van der Waals surface area contributed by atoms with Crippen LogP contribution in [0.2, 0.25) is 0 Å². The van der Waals surface area contributed by atoms with Crippen molar-refractivity contribution in [3.63, 3.8) is 0 Å². The molecule has 0 radical (unpaired) electrons. The van der Waals surface area contributed by atoms with Gasteiger partial charge >= 0.3 is 0 Å². The van der Waals surface area contributed by atoms with Gasteiger partial charge in [-0.1, -0.05) is 0 Å². The summed E-state index contributed by atoms with van der Waals surface area (Å²) < 4.78 is 81.1. The smallest absolute Gasteiger partial charge is 0.147 e. The number of anilines is 1. The topological polar surface area (TPSA) is 38.2 Å². The molecule has 4 nitrogen and oxygen atoms in total. The van der Waals surface area contributed by atoms with Crippen LogP contribution in [0.4, 0.5) is 5.82 Å². The SMILES string of the molecule is [2H]c1nc(N2C([2H])([2H])C([2H])([2H])OC([2H])([2H])C2([2H])[2H])c([2H])nc1Br. The first kappa shape index (κ1) is 2.90. The highest BCUT2D eigenvalue weighted by atomic mass is 79.9. The van der Waals surface area contributed by atoms with Crippen molar-refractivity contribution in [2.45, 2.75) is 0 Å². The van der Waals surface area contributed by atoms with Crippen LogP contribution in [0.3, 0.4) is 0 Å². The van der Waals surface area contributed by atoms with Crippen molar-refractivity contribution in [1.29, 1.82) is 0 Å². The fraction of sp³-hybridized carbons (Fsp3) is 0.500. The van der Waals surface area contributed by atoms with Gasteiger partial charge in [0.25, 0.3) is 0 Å². The van der Waals surface area contributed by atoms with Crippen molar-refractivity contribution in [2.75, 3.05) is 31.0 Å². The maximum absolute atomic E-state index is 7.84. The molecule has 0 unspecified atom stereocenters. The molecule has 1 aromatic heterocycles. The lowest BCUT2D eigenvalue weighted by atomic mass is 10.4. The van der Waals surface area contributed by atoms with Gasteiger partial charge in [0.15, 0.2) is 0 Å². The van der Waals surface area contributed by atoms with Crippen LogP contribution < -0.4 is 4.90 Å². The van der Waals surface area contributed by atoms with Gasteiger partial charge in [0.1, 0.15) is 10.4 Å². The standard InChI is InChI=1S/C8H10BrN3O/c9-7-5-11-8(6-10-7)12-1-3-13-4-2-12/h5-6H,1-4H2/i1D2,2D2,3D2,4D2,5D,6D. The normalized spacial score (nSPS) is 44.2. The molecule has 1 saturated heterocycles. The van der Waals surface area contributed by atoms with Crippen molar-refractivity contribution in [3.8, 4) is 0 Å². The zero-order valence-electron chi connectivity index (χ0n) is 16.1. The summed E-state index contributed by atoms with van der Waals surface area (Å²) in [5, 5.41) is 0. The minimum Gasteiger partial charge on any atom is -0.378 e. The lowest BCUT2D eigenvalue weighted by molar-refractivity contribution is 0.122. The Bertz CT molecular complexity index is 627. The van der Waals surface area contributed by atoms with E-state index in [1.165, 1.54) is 0 Å². The van der Waals surface area contributed by atoms with Crippen LogP contribution in [0, 0.1) is 0 Å². The fourth-order valence-electron chi connectivity index (χ4n) is 0.644. The molecule has 5 heteroatoms. The van der Waals surface area contributed by atoms with E-state index in [4.69, 9.17) is 13.7 Å². The minimum atomic E-state index is -3.26. The third kappa shape index (κ3) is 2.16. The fourth-order valence-corrected chi connectivity index (χ4v) is 0.822. The van der Waals surface area contributed by atoms with Gasteiger partial charge in [0, 0.05) is 13.0 Å². The number of halogens is 1. The quantitative estimate of drug-likeness (QED) is 0.751. The first-order valence-electron chi connectivity index (χ1n) is 8.16. The summed E-state index contributed by atoms with van der Waals surface area (Å²) in [5.74, 6) is -0.816. The molecule has 2 rings (SSSR count). The van der Waals surface area contributed by atoms with E-state index in [1.807, 2.05) is 0 Å². The van der Waals surface area contributed by atoms with Crippen LogP contribution >= 0.6 is 15.9 Å². The molecule has 1 aliphatic rings. The molecule has 13 heavy (non-hydrogen) atoms. The van der Waals surface area contributed by atoms with Crippen LogP contribution in [-0.2, 0) is 4.74 Å². The van der Waals surface area contributed by atoms with Gasteiger partial charge in [-0.3, -0.25) is 0 Å². The molecule has 0 amide bonds. The van der Waals surface area contributed by atoms with E-state index in [0.717, 1.165) is 0 Å². The van der Waals surface area contributed by atoms with Crippen molar-refractivity contribution in [1.82, 2.24) is 9.97 Å². The van der Waals surface area contributed by atoms with Gasteiger partial charge in [0.05, 0.1) is 39.2 Å². The summed E-state index contributed by atoms with van der Waals surface area (Å²) in [6.07, 6.45) is -1.30. The lowest BCUT2D eigenvalue weighted by Gasteiger charge is -2.27. The molecule has 2 heterocycles. The second-order valence-electron chi connectivity index (χ2n) is 1.93. The molecule has 0 saturated carbocycles. The Balaban J connectivity index is 2.77. The van der Waals surface area contributed by atoms with Crippen molar-refractivity contribution in [2.24, 2.45) is 0 Å². The predicted octanol–water partition coefficient (Wildman–Crippen LogP) is 1.08. The number of hydrogen-bond donors (Lipinski definition) is 0. The third-order valence-corrected chi connectivity index (χ3v) is 1.49. The van der Waals surface area contributed by atoms with E-state index >= 15 is 0 Å². The third-order valence-electron chi connectivity index (χ3n) is 1.14. The summed E-state index contributed by atoms with van der Waals surface area (Å²) in [5.41, 5.74) is 0. The van der Waals surface area contributed by atoms with E-state index in [9.17, 15) is 0 Å². The van der Waals surface area contributed by atoms with Gasteiger partial charge in [-0.05, 0) is 15.9 Å². The first-order chi connectivity index (χ1) is 10.1. The molecule has 1 aromatic rings. The van der Waals surface area contributed by atoms with E-state index in [-0.39, 0.29) is 9.50 Å². The zero-order valence-corrected chi connectivity index (χ0v) is 7.71. The molecule has 1 fully saturated rings. The number of nitrogens with zero attached hydrogens (tertiary/aromatic N) is 3. The Kier molecular flexibility index (Phi) is 0.897. The highest BCUT2D eigenvalue weighted by Gasteiger charge is 2.11. The Labute approximate surface area is 99.1 Å². The van der Waals surface area contributed by atoms with Crippen molar-refractivity contribution < 1.29 is 18.4 Å². The summed E-state index contributed by atoms with van der Waals surface area (Å²) in [4.78, 5) is 7.11. The Morgan fingerprint density at radius 1 is 1.46 bits per heavy atom. The average Bonchev–Trinajstić information content (AvgIpc) is 2.32. The summed E-state index contributed by atoms with van der Waals surface area (Å²) in [6, 6.07) is 0. The maximum Gasteiger partial charge on any atom is 0.147 e. The molecule has 70 valence electrons. The average molecular weight is 254 g/mol. The van der Waals surface area contributed by atoms with Crippen LogP contribution in [-0.4, -0.2) is 36.1 Å². The lowest BCUT2D eigenvalue weighted by Crippen LogP contribution is -2.36. The molecule has 0 aliphatic carbocycles. The van der Waals surface area contributed by atoms with Crippen LogP contribution in [0.25, 0.3) is 0 Å². The first-order valence-corrected chi connectivity index (χ1v) is 3.96. The molecular formula is C8H10BrN3O. The van der Waals surface area contributed by atoms with Crippen LogP contribution in [0.5, 0.6) is 0 Å². The van der Waals surface area contributed by atoms with Gasteiger partial charge in [-0.25, -0.2) is 9.97 Å². The zero-order chi connectivity index (χ0) is 18.0. The molecule has 0 bridgehead atoms. The number of hydrogen-bond acceptors (Lipinski definition) is 4. The van der Waals surface area contributed by atoms with E-state index in [2.05, 4.69) is 30.6 Å². The molecule has 0 N–H and O–H groups in total. The molecule has 0 aromatic carbocycles. The minimum absolute atomic E-state index is 0.0172. The Morgan fingerprint density at radius 2 is 2.23 bits per heavy atom. The summed E-state index contributed by atoms with van der Waals surface area (Å²) in [7, 11) is 0. The van der Waals surface area contributed by atoms with Crippen molar-refractivity contribution >= 4 is 21.7 Å². The summed E-state index contributed by atoms with van der Waals surface area (Å²) in [6.45, 7) is -13.0. The highest BCUT2D eigenvalue weighted by Crippen LogP contribution is 2.12. The number of ether oxygens (including phenoxy) is 1. The Morgan fingerprint density at radius 3 is 3.00 bits per heavy atom. The van der Waals surface area contributed by atoms with Gasteiger partial charge < -0.3 is 9.64 Å². The van der Waals surface area contributed by atoms with Gasteiger partial charge in [0.2, 0.25) is 0 Å². The summed E-state index contributed by atoms with van der Waals surface area (Å²) >= 11 is 2.85. The van der Waals surface area contributed by atoms with Crippen molar-refractivity contribution in [3.05, 3.63) is 16.9 Å². The highest BCUT2D eigenvalue weighted by molar-refractivity contribution is 9.10. The second-order valence-corrected chi connectivity index (χ2v) is 2.68. The predicted molar refractivity (Wildman–Crippen MR) is 52.8 cm³/mol. The van der Waals surface area contributed by atoms with Crippen LogP contribution in [0.15, 0.2) is 16.9 Å². The van der Waals surface area contributed by atoms with E-state index < -0.39 is 44.3 Å². The number of rotatable bonds is 1. The van der Waals surface area contributed by atoms with E-state index in [1.54, 1.807) is 0 Å². The number of aromatic nitrogens is 2. The second kappa shape index (κ2) is 4.02. The number of morpholine rings is 1. The van der Waals surface area contributed by atoms with Crippen LogP contribution in [0.1, 0.15) is 13.7 Å². The van der Waals surface area contributed by atoms with Gasteiger partial charge in [-0.15, -0.1) is 0 Å². The largest absolute Gasteiger partial charge is 0.378 e. The molecule has 0 atom stereocenters. The monoisotopic (exact) mass is 253 g/mol.